The maximum absolute atomic E-state index is 11.4. The third-order valence-electron chi connectivity index (χ3n) is 1.98. The van der Waals surface area contributed by atoms with Crippen LogP contribution in [0.15, 0.2) is 0 Å². The first-order valence-electron chi connectivity index (χ1n) is 4.63. The normalized spacial score (nSPS) is 11.9. The number of hydrogen-bond acceptors (Lipinski definition) is 4. The number of nitrogens with zero attached hydrogens (tertiary/aromatic N) is 1. The highest BCUT2D eigenvalue weighted by molar-refractivity contribution is 5.84. The van der Waals surface area contributed by atoms with Gasteiger partial charge >= 0.3 is 11.9 Å². The maximum Gasteiger partial charge on any atom is 0.326 e. The molecule has 16 heavy (non-hydrogen) atoms. The van der Waals surface area contributed by atoms with Crippen molar-refractivity contribution < 1.29 is 29.3 Å². The number of carbonyl (C=O) groups excluding carboxylic acids is 1. The van der Waals surface area contributed by atoms with Crippen LogP contribution in [0.25, 0.3) is 0 Å². The van der Waals surface area contributed by atoms with E-state index in [2.05, 4.69) is 4.74 Å². The van der Waals surface area contributed by atoms with Gasteiger partial charge in [-0.3, -0.25) is 9.59 Å². The standard InChI is InChI=1S/C9H15NO6/c1-6(9(14)15)10(4-3-8(12)13)7(11)5-16-2/h6H,3-5H2,1-2H3,(H,12,13)(H,14,15). The first kappa shape index (κ1) is 14.4. The van der Waals surface area contributed by atoms with Crippen molar-refractivity contribution in [3.63, 3.8) is 0 Å². The fourth-order valence-electron chi connectivity index (χ4n) is 1.09. The van der Waals surface area contributed by atoms with Crippen molar-refractivity contribution in [1.82, 2.24) is 4.90 Å². The maximum atomic E-state index is 11.4. The van der Waals surface area contributed by atoms with Gasteiger partial charge in [-0.25, -0.2) is 4.79 Å². The number of ether oxygens (including phenoxy) is 1. The van der Waals surface area contributed by atoms with Crippen molar-refractivity contribution in [3.8, 4) is 0 Å². The van der Waals surface area contributed by atoms with Crippen LogP contribution in [0.2, 0.25) is 0 Å². The van der Waals surface area contributed by atoms with E-state index in [-0.39, 0.29) is 19.6 Å². The molecule has 92 valence electrons. The molecule has 0 aliphatic carbocycles. The van der Waals surface area contributed by atoms with E-state index >= 15 is 0 Å². The average Bonchev–Trinajstić information content (AvgIpc) is 2.17. The minimum absolute atomic E-state index is 0.148. The Morgan fingerprint density at radius 3 is 2.25 bits per heavy atom. The van der Waals surface area contributed by atoms with E-state index in [1.807, 2.05) is 0 Å². The van der Waals surface area contributed by atoms with Crippen LogP contribution < -0.4 is 0 Å². The number of hydrogen-bond donors (Lipinski definition) is 2. The molecule has 0 aliphatic rings. The smallest absolute Gasteiger partial charge is 0.326 e. The highest BCUT2D eigenvalue weighted by Gasteiger charge is 2.25. The molecule has 0 aromatic heterocycles. The van der Waals surface area contributed by atoms with Gasteiger partial charge in [0.25, 0.3) is 0 Å². The Balaban J connectivity index is 4.55. The summed E-state index contributed by atoms with van der Waals surface area (Å²) in [6, 6.07) is -1.07. The molecular weight excluding hydrogens is 218 g/mol. The largest absolute Gasteiger partial charge is 0.481 e. The highest BCUT2D eigenvalue weighted by atomic mass is 16.5. The summed E-state index contributed by atoms with van der Waals surface area (Å²) >= 11 is 0. The molecular formula is C9H15NO6. The number of aliphatic carboxylic acids is 2. The summed E-state index contributed by atoms with van der Waals surface area (Å²) in [5.74, 6) is -2.82. The first-order valence-corrected chi connectivity index (χ1v) is 4.63. The number of amides is 1. The molecule has 0 spiro atoms. The van der Waals surface area contributed by atoms with Crippen LogP contribution in [0.5, 0.6) is 0 Å². The van der Waals surface area contributed by atoms with Crippen molar-refractivity contribution in [2.75, 3.05) is 20.3 Å². The molecule has 0 fully saturated rings. The molecule has 7 heteroatoms. The van der Waals surface area contributed by atoms with E-state index in [4.69, 9.17) is 10.2 Å². The molecule has 0 saturated carbocycles. The van der Waals surface area contributed by atoms with E-state index in [0.717, 1.165) is 4.90 Å². The van der Waals surface area contributed by atoms with E-state index in [1.165, 1.54) is 14.0 Å². The molecule has 1 atom stereocenters. The Morgan fingerprint density at radius 2 is 1.88 bits per heavy atom. The topological polar surface area (TPSA) is 104 Å². The van der Waals surface area contributed by atoms with E-state index < -0.39 is 23.9 Å². The Kier molecular flexibility index (Phi) is 6.09. The molecule has 0 bridgehead atoms. The van der Waals surface area contributed by atoms with Gasteiger partial charge in [-0.2, -0.15) is 0 Å². The zero-order chi connectivity index (χ0) is 12.7. The molecule has 0 heterocycles. The molecule has 0 aromatic carbocycles. The predicted octanol–water partition coefficient (Wildman–Crippen LogP) is -0.591. The molecule has 1 amide bonds. The summed E-state index contributed by atoms with van der Waals surface area (Å²) in [4.78, 5) is 33.5. The van der Waals surface area contributed by atoms with Gasteiger partial charge in [0, 0.05) is 13.7 Å². The number of methoxy groups -OCH3 is 1. The van der Waals surface area contributed by atoms with Gasteiger partial charge in [-0.1, -0.05) is 0 Å². The van der Waals surface area contributed by atoms with Crippen LogP contribution >= 0.6 is 0 Å². The number of rotatable bonds is 7. The van der Waals surface area contributed by atoms with Crippen molar-refractivity contribution in [2.45, 2.75) is 19.4 Å². The Morgan fingerprint density at radius 1 is 1.31 bits per heavy atom. The monoisotopic (exact) mass is 233 g/mol. The molecule has 1 unspecified atom stereocenters. The van der Waals surface area contributed by atoms with Crippen LogP contribution in [-0.4, -0.2) is 59.3 Å². The van der Waals surface area contributed by atoms with Gasteiger partial charge in [0.1, 0.15) is 12.6 Å². The van der Waals surface area contributed by atoms with Crippen LogP contribution in [0.4, 0.5) is 0 Å². The Hall–Kier alpha value is -1.63. The summed E-state index contributed by atoms with van der Waals surface area (Å²) in [6.07, 6.45) is -0.299. The lowest BCUT2D eigenvalue weighted by Gasteiger charge is -2.25. The third kappa shape index (κ3) is 4.74. The zero-order valence-corrected chi connectivity index (χ0v) is 9.17. The van der Waals surface area contributed by atoms with Gasteiger partial charge in [0.15, 0.2) is 0 Å². The van der Waals surface area contributed by atoms with Crippen molar-refractivity contribution in [3.05, 3.63) is 0 Å². The van der Waals surface area contributed by atoms with E-state index in [0.29, 0.717) is 0 Å². The summed E-state index contributed by atoms with van der Waals surface area (Å²) in [5.41, 5.74) is 0. The summed E-state index contributed by atoms with van der Waals surface area (Å²) in [6.45, 7) is 0.903. The van der Waals surface area contributed by atoms with Gasteiger partial charge in [0.2, 0.25) is 5.91 Å². The van der Waals surface area contributed by atoms with Crippen LogP contribution in [0, 0.1) is 0 Å². The number of carboxylic acid groups (broad SMARTS) is 2. The minimum atomic E-state index is -1.19. The van der Waals surface area contributed by atoms with E-state index in [1.54, 1.807) is 0 Å². The fraction of sp³-hybridized carbons (Fsp3) is 0.667. The Labute approximate surface area is 92.6 Å². The van der Waals surface area contributed by atoms with Crippen LogP contribution in [0.3, 0.4) is 0 Å². The van der Waals surface area contributed by atoms with Crippen LogP contribution in [-0.2, 0) is 19.1 Å². The second-order valence-corrected chi connectivity index (χ2v) is 3.18. The lowest BCUT2D eigenvalue weighted by molar-refractivity contribution is -0.152. The van der Waals surface area contributed by atoms with Gasteiger partial charge < -0.3 is 19.8 Å². The molecule has 0 saturated heterocycles. The van der Waals surface area contributed by atoms with Crippen molar-refractivity contribution >= 4 is 17.8 Å². The Bertz CT molecular complexity index is 277. The lowest BCUT2D eigenvalue weighted by atomic mass is 10.2. The lowest BCUT2D eigenvalue weighted by Crippen LogP contribution is -2.45. The number of carbonyl (C=O) groups is 3. The predicted molar refractivity (Wildman–Crippen MR) is 52.9 cm³/mol. The van der Waals surface area contributed by atoms with Gasteiger partial charge in [0.05, 0.1) is 6.42 Å². The fourth-order valence-corrected chi connectivity index (χ4v) is 1.09. The zero-order valence-electron chi connectivity index (χ0n) is 9.17. The quantitative estimate of drug-likeness (QED) is 0.609. The first-order chi connectivity index (χ1) is 7.40. The van der Waals surface area contributed by atoms with Gasteiger partial charge in [-0.15, -0.1) is 0 Å². The third-order valence-corrected chi connectivity index (χ3v) is 1.98. The second-order valence-electron chi connectivity index (χ2n) is 3.18. The molecule has 0 radical (unpaired) electrons. The van der Waals surface area contributed by atoms with Crippen LogP contribution in [0.1, 0.15) is 13.3 Å². The summed E-state index contributed by atoms with van der Waals surface area (Å²) in [7, 11) is 1.30. The molecule has 0 aliphatic heterocycles. The SMILES string of the molecule is COCC(=O)N(CCC(=O)O)C(C)C(=O)O. The molecule has 0 aromatic rings. The van der Waals surface area contributed by atoms with Crippen molar-refractivity contribution in [1.29, 1.82) is 0 Å². The number of carboxylic acids is 2. The minimum Gasteiger partial charge on any atom is -0.481 e. The second kappa shape index (κ2) is 6.78. The average molecular weight is 233 g/mol. The molecule has 2 N–H and O–H groups in total. The van der Waals surface area contributed by atoms with Gasteiger partial charge in [-0.05, 0) is 6.92 Å². The highest BCUT2D eigenvalue weighted by Crippen LogP contribution is 2.02. The van der Waals surface area contributed by atoms with E-state index in [9.17, 15) is 14.4 Å². The summed E-state index contributed by atoms with van der Waals surface area (Å²) in [5, 5.41) is 17.2. The summed E-state index contributed by atoms with van der Waals surface area (Å²) < 4.78 is 4.59. The molecule has 7 nitrogen and oxygen atoms in total. The molecule has 0 rings (SSSR count). The van der Waals surface area contributed by atoms with Crippen molar-refractivity contribution in [2.24, 2.45) is 0 Å².